The van der Waals surface area contributed by atoms with E-state index in [4.69, 9.17) is 18.5 Å². The van der Waals surface area contributed by atoms with E-state index >= 15 is 0 Å². The van der Waals surface area contributed by atoms with Crippen molar-refractivity contribution in [2.75, 3.05) is 54.1 Å². The van der Waals surface area contributed by atoms with E-state index in [-0.39, 0.29) is 25.8 Å². The molecule has 0 saturated heterocycles. The van der Waals surface area contributed by atoms with Crippen LogP contribution in [-0.2, 0) is 27.9 Å². The Balaban J connectivity index is 4.21. The van der Waals surface area contributed by atoms with Gasteiger partial charge < -0.3 is 27.9 Å². The van der Waals surface area contributed by atoms with Crippen LogP contribution in [0.5, 0.6) is 0 Å². The summed E-state index contributed by atoms with van der Waals surface area (Å²) in [6.45, 7) is 5.43. The Morgan fingerprint density at radius 2 is 1.00 bits per heavy atom. The summed E-state index contributed by atoms with van der Waals surface area (Å²) in [5, 5.41) is 0. The summed E-state index contributed by atoms with van der Waals surface area (Å²) in [6.07, 6.45) is 39.3. The molecule has 2 atom stereocenters. The average Bonchev–Trinajstić information content (AvgIpc) is 3.09. The van der Waals surface area contributed by atoms with Crippen molar-refractivity contribution in [2.45, 2.75) is 206 Å². The molecule has 0 aliphatic heterocycles. The number of ether oxygens (including phenoxy) is 2. The third kappa shape index (κ3) is 40.4. The van der Waals surface area contributed by atoms with Gasteiger partial charge in [-0.15, -0.1) is 0 Å². The van der Waals surface area contributed by atoms with E-state index in [9.17, 15) is 14.3 Å². The fourth-order valence-electron chi connectivity index (χ4n) is 6.13. The van der Waals surface area contributed by atoms with Crippen LogP contribution in [0.25, 0.3) is 0 Å². The summed E-state index contributed by atoms with van der Waals surface area (Å²) in [5.74, 6) is -0.340. The molecule has 0 N–H and O–H groups in total. The Labute approximate surface area is 322 Å². The maximum atomic E-state index is 12.6. The van der Waals surface area contributed by atoms with Crippen molar-refractivity contribution in [3.63, 3.8) is 0 Å². The number of likely N-dealkylation sites (N-methyl/N-ethyl adjacent to an activating group) is 1. The van der Waals surface area contributed by atoms with Gasteiger partial charge in [0.2, 0.25) is 0 Å². The lowest BCUT2D eigenvalue weighted by molar-refractivity contribution is -0.870. The second-order valence-corrected chi connectivity index (χ2v) is 17.5. The van der Waals surface area contributed by atoms with Crippen LogP contribution in [-0.4, -0.2) is 70.7 Å². The van der Waals surface area contributed by atoms with Crippen molar-refractivity contribution >= 4 is 13.8 Å². The summed E-state index contributed by atoms with van der Waals surface area (Å²) >= 11 is 0. The van der Waals surface area contributed by atoms with Crippen LogP contribution < -0.4 is 4.89 Å². The molecule has 0 amide bonds. The van der Waals surface area contributed by atoms with Crippen molar-refractivity contribution in [3.05, 3.63) is 12.2 Å². The number of phosphoric ester groups is 1. The standard InChI is InChI=1S/C43H86NO7P/c1-6-8-10-12-14-16-18-20-22-23-25-27-29-31-33-35-38-48-40-42(41-50-52(46,47)49-39-37-44(3,4)5)51-43(45)36-34-32-30-28-26-24-21-19-17-15-13-11-9-7-2/h19,21,42H,6-18,20,22-41H2,1-5H3/b21-19-/t42-/m1/s1. The number of allylic oxidation sites excluding steroid dienone is 2. The number of nitrogens with zero attached hydrogens (tertiary/aromatic N) is 1. The predicted octanol–water partition coefficient (Wildman–Crippen LogP) is 12.0. The largest absolute Gasteiger partial charge is 0.756 e. The van der Waals surface area contributed by atoms with E-state index in [0.29, 0.717) is 24.1 Å². The van der Waals surface area contributed by atoms with Crippen molar-refractivity contribution in [3.8, 4) is 0 Å². The van der Waals surface area contributed by atoms with Gasteiger partial charge in [-0.2, -0.15) is 0 Å². The summed E-state index contributed by atoms with van der Waals surface area (Å²) < 4.78 is 34.6. The molecule has 0 rings (SSSR count). The first-order chi connectivity index (χ1) is 25.1. The number of carbonyl (C=O) groups excluding carboxylic acids is 1. The molecule has 0 bridgehead atoms. The molecule has 0 spiro atoms. The Morgan fingerprint density at radius 1 is 0.577 bits per heavy atom. The first-order valence-electron chi connectivity index (χ1n) is 21.9. The number of esters is 1. The van der Waals surface area contributed by atoms with Crippen LogP contribution in [0.4, 0.5) is 0 Å². The van der Waals surface area contributed by atoms with Crippen molar-refractivity contribution in [1.29, 1.82) is 0 Å². The second-order valence-electron chi connectivity index (χ2n) is 16.1. The van der Waals surface area contributed by atoms with Gasteiger partial charge in [-0.25, -0.2) is 0 Å². The van der Waals surface area contributed by atoms with E-state index in [1.165, 1.54) is 135 Å². The minimum absolute atomic E-state index is 0.0277. The Morgan fingerprint density at radius 3 is 1.46 bits per heavy atom. The molecule has 0 aromatic heterocycles. The van der Waals surface area contributed by atoms with Crippen LogP contribution in [0.1, 0.15) is 200 Å². The van der Waals surface area contributed by atoms with Crippen LogP contribution in [0.3, 0.4) is 0 Å². The highest BCUT2D eigenvalue weighted by Gasteiger charge is 2.20. The third-order valence-electron chi connectivity index (χ3n) is 9.57. The maximum Gasteiger partial charge on any atom is 0.306 e. The summed E-state index contributed by atoms with van der Waals surface area (Å²) in [5.41, 5.74) is 0. The molecule has 0 aromatic carbocycles. The molecule has 0 radical (unpaired) electrons. The van der Waals surface area contributed by atoms with Crippen molar-refractivity contribution in [2.24, 2.45) is 0 Å². The van der Waals surface area contributed by atoms with E-state index in [1.807, 2.05) is 21.1 Å². The van der Waals surface area contributed by atoms with Crippen LogP contribution >= 0.6 is 7.82 Å². The quantitative estimate of drug-likeness (QED) is 0.0201. The lowest BCUT2D eigenvalue weighted by atomic mass is 10.0. The van der Waals surface area contributed by atoms with Crippen LogP contribution in [0.2, 0.25) is 0 Å². The van der Waals surface area contributed by atoms with Gasteiger partial charge in [0.1, 0.15) is 19.3 Å². The zero-order valence-corrected chi connectivity index (χ0v) is 35.9. The van der Waals surface area contributed by atoms with Gasteiger partial charge in [-0.05, 0) is 38.5 Å². The van der Waals surface area contributed by atoms with Gasteiger partial charge >= 0.3 is 5.97 Å². The van der Waals surface area contributed by atoms with E-state index in [1.54, 1.807) is 0 Å². The van der Waals surface area contributed by atoms with E-state index in [0.717, 1.165) is 44.9 Å². The van der Waals surface area contributed by atoms with Gasteiger partial charge in [-0.1, -0.05) is 167 Å². The Bertz CT molecular complexity index is 848. The van der Waals surface area contributed by atoms with Gasteiger partial charge in [-0.3, -0.25) is 9.36 Å². The SMILES string of the molecule is CCCCCCC/C=C\CCCCCCCC(=O)O[C@H](COCCCCCCCCCCCCCCCCCC)COP(=O)([O-])OCC[N+](C)(C)C. The van der Waals surface area contributed by atoms with Crippen LogP contribution in [0.15, 0.2) is 12.2 Å². The van der Waals surface area contributed by atoms with Crippen molar-refractivity contribution in [1.82, 2.24) is 0 Å². The fraction of sp³-hybridized carbons (Fsp3) is 0.930. The number of hydrogen-bond acceptors (Lipinski definition) is 7. The molecular weight excluding hydrogens is 673 g/mol. The first-order valence-corrected chi connectivity index (χ1v) is 23.4. The second kappa shape index (κ2) is 37.2. The van der Waals surface area contributed by atoms with E-state index in [2.05, 4.69) is 26.0 Å². The highest BCUT2D eigenvalue weighted by Crippen LogP contribution is 2.38. The topological polar surface area (TPSA) is 94.1 Å². The molecule has 8 nitrogen and oxygen atoms in total. The fourth-order valence-corrected chi connectivity index (χ4v) is 6.86. The van der Waals surface area contributed by atoms with Gasteiger partial charge in [0.15, 0.2) is 0 Å². The third-order valence-corrected chi connectivity index (χ3v) is 10.5. The minimum atomic E-state index is -4.52. The molecular formula is C43H86NO7P. The Hall–Kier alpha value is -0.760. The molecule has 0 saturated carbocycles. The minimum Gasteiger partial charge on any atom is -0.756 e. The number of phosphoric acid groups is 1. The zero-order chi connectivity index (χ0) is 38.4. The molecule has 0 aliphatic carbocycles. The molecule has 1 unspecified atom stereocenters. The number of quaternary nitrogens is 1. The lowest BCUT2D eigenvalue weighted by Crippen LogP contribution is -2.37. The number of unbranched alkanes of at least 4 members (excludes halogenated alkanes) is 25. The van der Waals surface area contributed by atoms with Gasteiger partial charge in [0, 0.05) is 13.0 Å². The molecule has 52 heavy (non-hydrogen) atoms. The van der Waals surface area contributed by atoms with E-state index < -0.39 is 13.9 Å². The molecule has 9 heteroatoms. The van der Waals surface area contributed by atoms with Gasteiger partial charge in [0.25, 0.3) is 7.82 Å². The van der Waals surface area contributed by atoms with Crippen molar-refractivity contribution < 1.29 is 37.3 Å². The highest BCUT2D eigenvalue weighted by atomic mass is 31.2. The predicted molar refractivity (Wildman–Crippen MR) is 217 cm³/mol. The summed E-state index contributed by atoms with van der Waals surface area (Å²) in [6, 6.07) is 0. The summed E-state index contributed by atoms with van der Waals surface area (Å²) in [7, 11) is 1.36. The summed E-state index contributed by atoms with van der Waals surface area (Å²) in [4.78, 5) is 25.0. The van der Waals surface area contributed by atoms with Crippen LogP contribution in [0, 0.1) is 0 Å². The Kier molecular flexibility index (Phi) is 36.6. The monoisotopic (exact) mass is 760 g/mol. The average molecular weight is 760 g/mol. The molecule has 0 aliphatic rings. The molecule has 310 valence electrons. The number of hydrogen-bond donors (Lipinski definition) is 0. The molecule has 0 aromatic rings. The first kappa shape index (κ1) is 51.2. The maximum absolute atomic E-state index is 12.6. The zero-order valence-electron chi connectivity index (χ0n) is 35.0. The number of carbonyl (C=O) groups is 1. The normalized spacial score (nSPS) is 13.9. The number of rotatable bonds is 41. The highest BCUT2D eigenvalue weighted by molar-refractivity contribution is 7.45. The molecule has 0 heterocycles. The smallest absolute Gasteiger partial charge is 0.306 e. The van der Waals surface area contributed by atoms with Gasteiger partial charge in [0.05, 0.1) is 34.4 Å². The molecule has 0 fully saturated rings. The lowest BCUT2D eigenvalue weighted by Gasteiger charge is -2.28.